The van der Waals surface area contributed by atoms with Crippen molar-refractivity contribution in [1.82, 2.24) is 20.4 Å². The first-order valence-electron chi connectivity index (χ1n) is 11.1. The molecule has 1 atom stereocenters. The number of nitrogens with zero attached hydrogens (tertiary/aromatic N) is 3. The molecule has 2 heterocycles. The Labute approximate surface area is 183 Å². The molecular formula is C25H30N4O2. The van der Waals surface area contributed by atoms with Crippen LogP contribution in [0, 0.1) is 6.92 Å². The van der Waals surface area contributed by atoms with Gasteiger partial charge in [-0.1, -0.05) is 60.2 Å². The number of rotatable bonds is 8. The van der Waals surface area contributed by atoms with E-state index >= 15 is 0 Å². The monoisotopic (exact) mass is 418 g/mol. The van der Waals surface area contributed by atoms with Crippen molar-refractivity contribution in [3.8, 4) is 0 Å². The van der Waals surface area contributed by atoms with Gasteiger partial charge in [-0.15, -0.1) is 10.2 Å². The van der Waals surface area contributed by atoms with Crippen molar-refractivity contribution in [2.45, 2.75) is 51.6 Å². The molecule has 1 aliphatic rings. The second-order valence-corrected chi connectivity index (χ2v) is 8.38. The molecule has 0 aliphatic carbocycles. The summed E-state index contributed by atoms with van der Waals surface area (Å²) in [5.74, 6) is 1.15. The van der Waals surface area contributed by atoms with E-state index in [1.807, 2.05) is 12.1 Å². The van der Waals surface area contributed by atoms with E-state index in [2.05, 4.69) is 69.8 Å². The number of hydrogen-bond donors (Lipinski definition) is 1. The first-order chi connectivity index (χ1) is 15.1. The Hall–Kier alpha value is -2.99. The van der Waals surface area contributed by atoms with Crippen molar-refractivity contribution in [3.05, 3.63) is 83.1 Å². The number of carbonyl (C=O) groups is 1. The minimum absolute atomic E-state index is 0.0463. The van der Waals surface area contributed by atoms with E-state index in [-0.39, 0.29) is 11.9 Å². The molecule has 2 aromatic carbocycles. The van der Waals surface area contributed by atoms with Crippen LogP contribution in [-0.4, -0.2) is 40.1 Å². The van der Waals surface area contributed by atoms with E-state index in [9.17, 15) is 4.79 Å². The van der Waals surface area contributed by atoms with Crippen LogP contribution in [0.2, 0.25) is 0 Å². The second kappa shape index (κ2) is 10.4. The van der Waals surface area contributed by atoms with Crippen LogP contribution in [0.3, 0.4) is 0 Å². The standard InChI is InChI=1S/C25H30N4O2/c1-19-7-5-10-21(15-19)16-25-28-27-24(31-25)13-12-23(30)26-22-11-6-14-29(18-22)17-20-8-3-2-4-9-20/h2-5,7-10,15,22H,6,11-14,16-18H2,1H3,(H,26,30). The van der Waals surface area contributed by atoms with Crippen LogP contribution < -0.4 is 5.32 Å². The van der Waals surface area contributed by atoms with Crippen LogP contribution in [0.5, 0.6) is 0 Å². The van der Waals surface area contributed by atoms with Gasteiger partial charge >= 0.3 is 0 Å². The molecule has 6 nitrogen and oxygen atoms in total. The van der Waals surface area contributed by atoms with Gasteiger partial charge in [0.1, 0.15) is 0 Å². The van der Waals surface area contributed by atoms with Crippen LogP contribution in [0.4, 0.5) is 0 Å². The summed E-state index contributed by atoms with van der Waals surface area (Å²) in [5, 5.41) is 11.4. The number of nitrogens with one attached hydrogen (secondary N) is 1. The maximum Gasteiger partial charge on any atom is 0.220 e. The van der Waals surface area contributed by atoms with Gasteiger partial charge in [0.05, 0.1) is 6.42 Å². The van der Waals surface area contributed by atoms with Crippen molar-refractivity contribution in [2.24, 2.45) is 0 Å². The Balaban J connectivity index is 1.21. The number of benzene rings is 2. The van der Waals surface area contributed by atoms with E-state index in [0.717, 1.165) is 38.0 Å². The van der Waals surface area contributed by atoms with Gasteiger partial charge in [0, 0.05) is 32.0 Å². The van der Waals surface area contributed by atoms with Crippen LogP contribution in [0.25, 0.3) is 0 Å². The molecule has 1 amide bonds. The first kappa shape index (κ1) is 21.2. The Bertz CT molecular complexity index is 986. The lowest BCUT2D eigenvalue weighted by atomic mass is 10.0. The molecule has 1 aromatic heterocycles. The second-order valence-electron chi connectivity index (χ2n) is 8.38. The molecule has 0 bridgehead atoms. The van der Waals surface area contributed by atoms with Crippen molar-refractivity contribution < 1.29 is 9.21 Å². The molecule has 1 unspecified atom stereocenters. The van der Waals surface area contributed by atoms with E-state index < -0.39 is 0 Å². The maximum absolute atomic E-state index is 12.5. The summed E-state index contributed by atoms with van der Waals surface area (Å²) in [7, 11) is 0. The highest BCUT2D eigenvalue weighted by atomic mass is 16.4. The number of carbonyl (C=O) groups excluding carboxylic acids is 1. The lowest BCUT2D eigenvalue weighted by Gasteiger charge is -2.33. The maximum atomic E-state index is 12.5. The molecule has 1 saturated heterocycles. The molecule has 31 heavy (non-hydrogen) atoms. The largest absolute Gasteiger partial charge is 0.425 e. The third-order valence-corrected chi connectivity index (χ3v) is 5.63. The van der Waals surface area contributed by atoms with Crippen LogP contribution in [-0.2, 0) is 24.2 Å². The zero-order chi connectivity index (χ0) is 21.5. The minimum Gasteiger partial charge on any atom is -0.425 e. The fourth-order valence-corrected chi connectivity index (χ4v) is 4.14. The van der Waals surface area contributed by atoms with E-state index in [0.29, 0.717) is 31.0 Å². The SMILES string of the molecule is Cc1cccc(Cc2nnc(CCC(=O)NC3CCCN(Cc4ccccc4)C3)o2)c1. The molecule has 0 radical (unpaired) electrons. The number of piperidine rings is 1. The summed E-state index contributed by atoms with van der Waals surface area (Å²) in [6.07, 6.45) is 3.57. The summed E-state index contributed by atoms with van der Waals surface area (Å²) in [6, 6.07) is 18.9. The quantitative estimate of drug-likeness (QED) is 0.604. The van der Waals surface area contributed by atoms with Crippen LogP contribution in [0.15, 0.2) is 59.0 Å². The van der Waals surface area contributed by atoms with Crippen molar-refractivity contribution in [3.63, 3.8) is 0 Å². The first-order valence-corrected chi connectivity index (χ1v) is 11.1. The summed E-state index contributed by atoms with van der Waals surface area (Å²) in [6.45, 7) is 4.96. The molecule has 0 spiro atoms. The van der Waals surface area contributed by atoms with E-state index in [1.54, 1.807) is 0 Å². The number of aryl methyl sites for hydroxylation is 2. The smallest absolute Gasteiger partial charge is 0.220 e. The van der Waals surface area contributed by atoms with Crippen molar-refractivity contribution in [1.29, 1.82) is 0 Å². The molecule has 0 saturated carbocycles. The fraction of sp³-hybridized carbons (Fsp3) is 0.400. The number of aromatic nitrogens is 2. The molecule has 1 aliphatic heterocycles. The molecule has 4 rings (SSSR count). The van der Waals surface area contributed by atoms with E-state index in [4.69, 9.17) is 4.42 Å². The van der Waals surface area contributed by atoms with Gasteiger partial charge in [-0.25, -0.2) is 0 Å². The molecule has 162 valence electrons. The lowest BCUT2D eigenvalue weighted by Crippen LogP contribution is -2.47. The van der Waals surface area contributed by atoms with Crippen LogP contribution >= 0.6 is 0 Å². The third kappa shape index (κ3) is 6.49. The van der Waals surface area contributed by atoms with E-state index in [1.165, 1.54) is 11.1 Å². The van der Waals surface area contributed by atoms with Crippen molar-refractivity contribution >= 4 is 5.91 Å². The Morgan fingerprint density at radius 2 is 1.90 bits per heavy atom. The van der Waals surface area contributed by atoms with Gasteiger partial charge in [-0.2, -0.15) is 0 Å². The Morgan fingerprint density at radius 1 is 1.10 bits per heavy atom. The fourth-order valence-electron chi connectivity index (χ4n) is 4.14. The zero-order valence-electron chi connectivity index (χ0n) is 18.1. The average molecular weight is 419 g/mol. The van der Waals surface area contributed by atoms with Crippen LogP contribution in [0.1, 0.15) is 47.7 Å². The highest BCUT2D eigenvalue weighted by Gasteiger charge is 2.21. The summed E-state index contributed by atoms with van der Waals surface area (Å²) >= 11 is 0. The van der Waals surface area contributed by atoms with Gasteiger partial charge in [0.25, 0.3) is 0 Å². The zero-order valence-corrected chi connectivity index (χ0v) is 18.1. The molecule has 6 heteroatoms. The third-order valence-electron chi connectivity index (χ3n) is 5.63. The number of amides is 1. The molecular weight excluding hydrogens is 388 g/mol. The highest BCUT2D eigenvalue weighted by molar-refractivity contribution is 5.76. The van der Waals surface area contributed by atoms with Gasteiger partial charge in [0.2, 0.25) is 17.7 Å². The Morgan fingerprint density at radius 3 is 2.74 bits per heavy atom. The summed E-state index contributed by atoms with van der Waals surface area (Å²) < 4.78 is 5.74. The molecule has 1 N–H and O–H groups in total. The van der Waals surface area contributed by atoms with Crippen molar-refractivity contribution in [2.75, 3.05) is 13.1 Å². The normalized spacial score (nSPS) is 16.9. The number of hydrogen-bond acceptors (Lipinski definition) is 5. The van der Waals surface area contributed by atoms with Gasteiger partial charge < -0.3 is 9.73 Å². The van der Waals surface area contributed by atoms with Gasteiger partial charge in [0.15, 0.2) is 0 Å². The lowest BCUT2D eigenvalue weighted by molar-refractivity contribution is -0.122. The highest BCUT2D eigenvalue weighted by Crippen LogP contribution is 2.15. The predicted octanol–water partition coefficient (Wildman–Crippen LogP) is 3.68. The van der Waals surface area contributed by atoms with Gasteiger partial charge in [-0.05, 0) is 37.4 Å². The molecule has 1 fully saturated rings. The summed E-state index contributed by atoms with van der Waals surface area (Å²) in [5.41, 5.74) is 3.66. The Kier molecular flexibility index (Phi) is 7.10. The predicted molar refractivity (Wildman–Crippen MR) is 119 cm³/mol. The number of likely N-dealkylation sites (tertiary alicyclic amines) is 1. The van der Waals surface area contributed by atoms with Gasteiger partial charge in [-0.3, -0.25) is 9.69 Å². The molecule has 3 aromatic rings. The average Bonchev–Trinajstić information content (AvgIpc) is 3.21. The summed E-state index contributed by atoms with van der Waals surface area (Å²) in [4.78, 5) is 14.9. The topological polar surface area (TPSA) is 71.3 Å². The minimum atomic E-state index is 0.0463.